The Morgan fingerprint density at radius 2 is 2.12 bits per heavy atom. The molecule has 0 unspecified atom stereocenters. The topological polar surface area (TPSA) is 34.1 Å². The van der Waals surface area contributed by atoms with Gasteiger partial charge in [-0.2, -0.15) is 0 Å². The molecule has 3 nitrogen and oxygen atoms in total. The van der Waals surface area contributed by atoms with Crippen molar-refractivity contribution in [2.75, 3.05) is 25.6 Å². The van der Waals surface area contributed by atoms with E-state index in [1.807, 2.05) is 5.38 Å². The minimum atomic E-state index is -0.234. The van der Waals surface area contributed by atoms with Crippen LogP contribution < -0.4 is 5.32 Å². The van der Waals surface area contributed by atoms with E-state index in [-0.39, 0.29) is 5.82 Å². The molecule has 1 aromatic carbocycles. The van der Waals surface area contributed by atoms with Gasteiger partial charge < -0.3 is 10.1 Å². The third kappa shape index (κ3) is 3.25. The maximum Gasteiger partial charge on any atom is 0.183 e. The molecular formula is C12H13FN2OS. The summed E-state index contributed by atoms with van der Waals surface area (Å²) in [5.41, 5.74) is 1.78. The molecule has 0 spiro atoms. The first-order chi connectivity index (χ1) is 8.29. The summed E-state index contributed by atoms with van der Waals surface area (Å²) in [7, 11) is 1.66. The van der Waals surface area contributed by atoms with Crippen molar-refractivity contribution in [1.29, 1.82) is 0 Å². The molecule has 0 aliphatic rings. The number of hydrogen-bond donors (Lipinski definition) is 1. The fourth-order valence-electron chi connectivity index (χ4n) is 1.37. The van der Waals surface area contributed by atoms with Crippen LogP contribution in [-0.2, 0) is 4.74 Å². The zero-order valence-electron chi connectivity index (χ0n) is 9.44. The van der Waals surface area contributed by atoms with Crippen LogP contribution in [0.5, 0.6) is 0 Å². The van der Waals surface area contributed by atoms with Crippen LogP contribution in [0.1, 0.15) is 0 Å². The highest BCUT2D eigenvalue weighted by Gasteiger charge is 2.04. The Kier molecular flexibility index (Phi) is 4.06. The molecule has 0 aliphatic carbocycles. The molecule has 1 heterocycles. The van der Waals surface area contributed by atoms with Crippen LogP contribution >= 0.6 is 11.3 Å². The summed E-state index contributed by atoms with van der Waals surface area (Å²) in [6.07, 6.45) is 0. The van der Waals surface area contributed by atoms with E-state index in [1.54, 1.807) is 19.2 Å². The number of methoxy groups -OCH3 is 1. The molecule has 0 bridgehead atoms. The van der Waals surface area contributed by atoms with Gasteiger partial charge >= 0.3 is 0 Å². The van der Waals surface area contributed by atoms with Crippen LogP contribution in [0.15, 0.2) is 29.6 Å². The van der Waals surface area contributed by atoms with Crippen LogP contribution in [0.3, 0.4) is 0 Å². The number of nitrogens with zero attached hydrogens (tertiary/aromatic N) is 1. The predicted octanol–water partition coefficient (Wildman–Crippen LogP) is 3.01. The van der Waals surface area contributed by atoms with Crippen LogP contribution in [0.25, 0.3) is 11.3 Å². The monoisotopic (exact) mass is 252 g/mol. The van der Waals surface area contributed by atoms with Gasteiger partial charge in [-0.05, 0) is 24.3 Å². The maximum absolute atomic E-state index is 12.8. The Morgan fingerprint density at radius 3 is 2.82 bits per heavy atom. The number of thiazole rings is 1. The zero-order valence-corrected chi connectivity index (χ0v) is 10.3. The highest BCUT2D eigenvalue weighted by atomic mass is 32.1. The van der Waals surface area contributed by atoms with Crippen molar-refractivity contribution in [3.8, 4) is 11.3 Å². The first-order valence-corrected chi connectivity index (χ1v) is 6.12. The molecule has 0 saturated heterocycles. The second-order valence-electron chi connectivity index (χ2n) is 3.46. The summed E-state index contributed by atoms with van der Waals surface area (Å²) in [6.45, 7) is 1.37. The standard InChI is InChI=1S/C12H13FN2OS/c1-16-7-6-14-12-15-11(8-17-12)9-2-4-10(13)5-3-9/h2-5,8H,6-7H2,1H3,(H,14,15). The lowest BCUT2D eigenvalue weighted by atomic mass is 10.2. The molecule has 0 fully saturated rings. The van der Waals surface area contributed by atoms with Gasteiger partial charge in [-0.1, -0.05) is 0 Å². The number of benzene rings is 1. The smallest absolute Gasteiger partial charge is 0.183 e. The lowest BCUT2D eigenvalue weighted by Crippen LogP contribution is -2.06. The molecule has 0 aliphatic heterocycles. The number of halogens is 1. The summed E-state index contributed by atoms with van der Waals surface area (Å²) >= 11 is 1.53. The first-order valence-electron chi connectivity index (χ1n) is 5.24. The summed E-state index contributed by atoms with van der Waals surface area (Å²) < 4.78 is 17.7. The Labute approximate surface area is 103 Å². The Balaban J connectivity index is 2.04. The molecule has 0 saturated carbocycles. The van der Waals surface area contributed by atoms with Crippen LogP contribution in [-0.4, -0.2) is 25.2 Å². The van der Waals surface area contributed by atoms with Gasteiger partial charge in [-0.25, -0.2) is 9.37 Å². The molecule has 1 N–H and O–H groups in total. The van der Waals surface area contributed by atoms with Gasteiger partial charge in [0.1, 0.15) is 5.82 Å². The van der Waals surface area contributed by atoms with Crippen molar-refractivity contribution in [1.82, 2.24) is 4.98 Å². The summed E-state index contributed by atoms with van der Waals surface area (Å²) in [6, 6.07) is 6.33. The predicted molar refractivity (Wildman–Crippen MR) is 67.9 cm³/mol. The van der Waals surface area contributed by atoms with Gasteiger partial charge in [0.2, 0.25) is 0 Å². The van der Waals surface area contributed by atoms with Gasteiger partial charge in [0, 0.05) is 24.6 Å². The molecule has 1 aromatic heterocycles. The van der Waals surface area contributed by atoms with Gasteiger partial charge in [0.05, 0.1) is 12.3 Å². The van der Waals surface area contributed by atoms with E-state index in [9.17, 15) is 4.39 Å². The summed E-state index contributed by atoms with van der Waals surface area (Å²) in [5.74, 6) is -0.234. The molecule has 90 valence electrons. The molecule has 2 rings (SSSR count). The largest absolute Gasteiger partial charge is 0.383 e. The third-order valence-electron chi connectivity index (χ3n) is 2.23. The van der Waals surface area contributed by atoms with Gasteiger partial charge in [-0.3, -0.25) is 0 Å². The fraction of sp³-hybridized carbons (Fsp3) is 0.250. The quantitative estimate of drug-likeness (QED) is 0.831. The molecule has 2 aromatic rings. The average Bonchev–Trinajstić information content (AvgIpc) is 2.79. The number of anilines is 1. The lowest BCUT2D eigenvalue weighted by Gasteiger charge is -2.00. The third-order valence-corrected chi connectivity index (χ3v) is 3.03. The first kappa shape index (κ1) is 12.0. The van der Waals surface area contributed by atoms with Gasteiger partial charge in [0.15, 0.2) is 5.13 Å². The van der Waals surface area contributed by atoms with E-state index < -0.39 is 0 Å². The molecule has 5 heteroatoms. The molecule has 0 atom stereocenters. The Hall–Kier alpha value is -1.46. The number of ether oxygens (including phenoxy) is 1. The second-order valence-corrected chi connectivity index (χ2v) is 4.32. The minimum Gasteiger partial charge on any atom is -0.383 e. The van der Waals surface area contributed by atoms with Crippen molar-refractivity contribution in [2.24, 2.45) is 0 Å². The van der Waals surface area contributed by atoms with Crippen LogP contribution in [0.2, 0.25) is 0 Å². The van der Waals surface area contributed by atoms with Crippen molar-refractivity contribution in [3.05, 3.63) is 35.5 Å². The van der Waals surface area contributed by atoms with Crippen LogP contribution in [0, 0.1) is 5.82 Å². The summed E-state index contributed by atoms with van der Waals surface area (Å²) in [4.78, 5) is 4.41. The van der Waals surface area contributed by atoms with E-state index >= 15 is 0 Å². The van der Waals surface area contributed by atoms with E-state index in [4.69, 9.17) is 4.74 Å². The molecule has 0 radical (unpaired) electrons. The second kappa shape index (κ2) is 5.75. The molecule has 17 heavy (non-hydrogen) atoms. The Bertz CT molecular complexity index is 470. The van der Waals surface area contributed by atoms with Crippen molar-refractivity contribution in [2.45, 2.75) is 0 Å². The number of rotatable bonds is 5. The minimum absolute atomic E-state index is 0.234. The van der Waals surface area contributed by atoms with Crippen molar-refractivity contribution >= 4 is 16.5 Å². The van der Waals surface area contributed by atoms with E-state index in [0.717, 1.165) is 22.9 Å². The molecule has 0 amide bonds. The van der Waals surface area contributed by atoms with E-state index in [0.29, 0.717) is 6.61 Å². The van der Waals surface area contributed by atoms with Crippen molar-refractivity contribution in [3.63, 3.8) is 0 Å². The number of nitrogens with one attached hydrogen (secondary N) is 1. The fourth-order valence-corrected chi connectivity index (χ4v) is 2.12. The van der Waals surface area contributed by atoms with Gasteiger partial charge in [-0.15, -0.1) is 11.3 Å². The zero-order chi connectivity index (χ0) is 12.1. The number of hydrogen-bond acceptors (Lipinski definition) is 4. The summed E-state index contributed by atoms with van der Waals surface area (Å²) in [5, 5.41) is 5.95. The highest BCUT2D eigenvalue weighted by Crippen LogP contribution is 2.24. The van der Waals surface area contributed by atoms with E-state index in [2.05, 4.69) is 10.3 Å². The lowest BCUT2D eigenvalue weighted by molar-refractivity contribution is 0.211. The Morgan fingerprint density at radius 1 is 1.35 bits per heavy atom. The van der Waals surface area contributed by atoms with Crippen LogP contribution in [0.4, 0.5) is 9.52 Å². The van der Waals surface area contributed by atoms with Gasteiger partial charge in [0.25, 0.3) is 0 Å². The van der Waals surface area contributed by atoms with Crippen molar-refractivity contribution < 1.29 is 9.13 Å². The van der Waals surface area contributed by atoms with E-state index in [1.165, 1.54) is 23.5 Å². The normalized spacial score (nSPS) is 10.5. The number of aromatic nitrogens is 1. The maximum atomic E-state index is 12.8. The highest BCUT2D eigenvalue weighted by molar-refractivity contribution is 7.14. The SMILES string of the molecule is COCCNc1nc(-c2ccc(F)cc2)cs1. The average molecular weight is 252 g/mol. The molecular weight excluding hydrogens is 239 g/mol.